The zero-order valence-electron chi connectivity index (χ0n) is 12.3. The minimum atomic E-state index is -1.04. The van der Waals surface area contributed by atoms with Crippen molar-refractivity contribution in [3.8, 4) is 11.6 Å². The van der Waals surface area contributed by atoms with Crippen LogP contribution < -0.4 is 4.74 Å². The van der Waals surface area contributed by atoms with Crippen molar-refractivity contribution in [2.75, 3.05) is 0 Å². The minimum Gasteiger partial charge on any atom is -0.477 e. The molecule has 1 heterocycles. The lowest BCUT2D eigenvalue weighted by molar-refractivity contribution is 0.0692. The number of hydrogen-bond donors (Lipinski definition) is 1. The van der Waals surface area contributed by atoms with Crippen molar-refractivity contribution in [2.24, 2.45) is 0 Å². The molecule has 0 aliphatic rings. The summed E-state index contributed by atoms with van der Waals surface area (Å²) in [5, 5.41) is 9.34. The molecule has 0 saturated carbocycles. The molecule has 0 unspecified atom stereocenters. The third-order valence-corrected chi connectivity index (χ3v) is 4.40. The highest BCUT2D eigenvalue weighted by Gasteiger charge is 2.18. The molecule has 0 radical (unpaired) electrons. The van der Waals surface area contributed by atoms with Gasteiger partial charge < -0.3 is 9.84 Å². The first-order chi connectivity index (χ1) is 9.79. The number of hydrogen-bond acceptors (Lipinski definition) is 3. The number of carboxylic acids is 1. The molecule has 5 heteroatoms. The molecule has 0 atom stereocenters. The third-order valence-electron chi connectivity index (χ3n) is 3.15. The zero-order valence-corrected chi connectivity index (χ0v) is 13.9. The second-order valence-electron chi connectivity index (χ2n) is 5.04. The Morgan fingerprint density at radius 3 is 2.19 bits per heavy atom. The van der Waals surface area contributed by atoms with E-state index >= 15 is 0 Å². The van der Waals surface area contributed by atoms with Crippen molar-refractivity contribution in [3.05, 3.63) is 50.6 Å². The van der Waals surface area contributed by atoms with Crippen LogP contribution in [0.4, 0.5) is 0 Å². The van der Waals surface area contributed by atoms with E-state index in [1.165, 1.54) is 0 Å². The largest absolute Gasteiger partial charge is 0.477 e. The van der Waals surface area contributed by atoms with Gasteiger partial charge in [-0.05, 0) is 62.6 Å². The molecule has 1 N–H and O–H groups in total. The van der Waals surface area contributed by atoms with Crippen molar-refractivity contribution in [2.45, 2.75) is 27.7 Å². The average molecular weight is 350 g/mol. The quantitative estimate of drug-likeness (QED) is 0.881. The highest BCUT2D eigenvalue weighted by Crippen LogP contribution is 2.31. The fourth-order valence-electron chi connectivity index (χ4n) is 2.21. The van der Waals surface area contributed by atoms with E-state index in [-0.39, 0.29) is 11.4 Å². The van der Waals surface area contributed by atoms with Gasteiger partial charge in [0.15, 0.2) is 0 Å². The number of nitrogens with zero attached hydrogens (tertiary/aromatic N) is 1. The molecule has 2 aromatic rings. The highest BCUT2D eigenvalue weighted by molar-refractivity contribution is 9.10. The summed E-state index contributed by atoms with van der Waals surface area (Å²) < 4.78 is 6.75. The Bertz CT molecular complexity index is 703. The van der Waals surface area contributed by atoms with Crippen molar-refractivity contribution < 1.29 is 14.6 Å². The van der Waals surface area contributed by atoms with Gasteiger partial charge in [0.25, 0.3) is 0 Å². The van der Waals surface area contributed by atoms with Crippen molar-refractivity contribution in [1.29, 1.82) is 0 Å². The summed E-state index contributed by atoms with van der Waals surface area (Å²) in [4.78, 5) is 15.6. The van der Waals surface area contributed by atoms with Crippen LogP contribution in [0.5, 0.6) is 11.6 Å². The smallest absolute Gasteiger partial charge is 0.341 e. The predicted octanol–water partition coefficient (Wildman–Crippen LogP) is 4.57. The monoisotopic (exact) mass is 349 g/mol. The number of rotatable bonds is 3. The number of aryl methyl sites for hydroxylation is 4. The Kier molecular flexibility index (Phi) is 4.32. The molecule has 1 aromatic carbocycles. The summed E-state index contributed by atoms with van der Waals surface area (Å²) >= 11 is 3.49. The lowest BCUT2D eigenvalue weighted by Crippen LogP contribution is -2.06. The van der Waals surface area contributed by atoms with E-state index in [0.717, 1.165) is 21.3 Å². The molecule has 0 fully saturated rings. The number of carbonyl (C=O) groups is 1. The van der Waals surface area contributed by atoms with Crippen molar-refractivity contribution in [1.82, 2.24) is 4.98 Å². The van der Waals surface area contributed by atoms with E-state index in [4.69, 9.17) is 4.74 Å². The van der Waals surface area contributed by atoms with E-state index < -0.39 is 5.97 Å². The lowest BCUT2D eigenvalue weighted by atomic mass is 10.1. The Morgan fingerprint density at radius 2 is 1.67 bits per heavy atom. The van der Waals surface area contributed by atoms with Crippen LogP contribution in [0.25, 0.3) is 0 Å². The normalized spacial score (nSPS) is 10.5. The van der Waals surface area contributed by atoms with Gasteiger partial charge >= 0.3 is 5.97 Å². The topological polar surface area (TPSA) is 59.4 Å². The van der Waals surface area contributed by atoms with Gasteiger partial charge in [-0.1, -0.05) is 15.9 Å². The van der Waals surface area contributed by atoms with Crippen LogP contribution >= 0.6 is 15.9 Å². The first-order valence-electron chi connectivity index (χ1n) is 6.45. The Labute approximate surface area is 131 Å². The van der Waals surface area contributed by atoms with Gasteiger partial charge in [0.1, 0.15) is 11.3 Å². The highest BCUT2D eigenvalue weighted by atomic mass is 79.9. The SMILES string of the molecule is Cc1cc(C)c(C(=O)O)c(Oc2cc(C)c(Br)c(C)c2)n1. The van der Waals surface area contributed by atoms with Crippen molar-refractivity contribution >= 4 is 21.9 Å². The first-order valence-corrected chi connectivity index (χ1v) is 7.25. The standard InChI is InChI=1S/C16H16BrNO3/c1-8-5-11(4)18-15(13(8)16(19)20)21-12-6-9(2)14(17)10(3)7-12/h5-7H,1-4H3,(H,19,20). The Balaban J connectivity index is 2.51. The predicted molar refractivity (Wildman–Crippen MR) is 84.4 cm³/mol. The molecule has 21 heavy (non-hydrogen) atoms. The second-order valence-corrected chi connectivity index (χ2v) is 5.83. The number of ether oxygens (including phenoxy) is 1. The van der Waals surface area contributed by atoms with E-state index in [2.05, 4.69) is 20.9 Å². The van der Waals surface area contributed by atoms with Crippen LogP contribution in [0.3, 0.4) is 0 Å². The van der Waals surface area contributed by atoms with E-state index in [1.54, 1.807) is 13.0 Å². The maximum absolute atomic E-state index is 11.4. The number of aromatic carboxylic acids is 1. The summed E-state index contributed by atoms with van der Waals surface area (Å²) in [7, 11) is 0. The number of aromatic nitrogens is 1. The number of pyridine rings is 1. The van der Waals surface area contributed by atoms with E-state index in [0.29, 0.717) is 11.3 Å². The molecular formula is C16H16BrNO3. The lowest BCUT2D eigenvalue weighted by Gasteiger charge is -2.13. The fourth-order valence-corrected chi connectivity index (χ4v) is 2.44. The van der Waals surface area contributed by atoms with Gasteiger partial charge in [0, 0.05) is 10.2 Å². The summed E-state index contributed by atoms with van der Waals surface area (Å²) in [6, 6.07) is 5.43. The Morgan fingerprint density at radius 1 is 1.10 bits per heavy atom. The van der Waals surface area contributed by atoms with Crippen LogP contribution in [0.15, 0.2) is 22.7 Å². The summed E-state index contributed by atoms with van der Waals surface area (Å²) in [5.74, 6) is -0.338. The number of benzene rings is 1. The summed E-state index contributed by atoms with van der Waals surface area (Å²) in [6.07, 6.45) is 0. The van der Waals surface area contributed by atoms with Crippen LogP contribution in [-0.4, -0.2) is 16.1 Å². The maximum Gasteiger partial charge on any atom is 0.341 e. The molecule has 0 amide bonds. The number of carboxylic acid groups (broad SMARTS) is 1. The Hall–Kier alpha value is -1.88. The molecule has 0 spiro atoms. The molecule has 0 bridgehead atoms. The molecule has 0 aliphatic heterocycles. The van der Waals surface area contributed by atoms with Crippen LogP contribution in [-0.2, 0) is 0 Å². The van der Waals surface area contributed by atoms with Gasteiger partial charge in [0.05, 0.1) is 0 Å². The molecule has 0 saturated heterocycles. The van der Waals surface area contributed by atoms with Gasteiger partial charge in [-0.3, -0.25) is 0 Å². The summed E-state index contributed by atoms with van der Waals surface area (Å²) in [5.41, 5.74) is 3.49. The zero-order chi connectivity index (χ0) is 15.7. The van der Waals surface area contributed by atoms with Gasteiger partial charge in [-0.25, -0.2) is 9.78 Å². The average Bonchev–Trinajstić information content (AvgIpc) is 2.34. The fraction of sp³-hybridized carbons (Fsp3) is 0.250. The molecule has 110 valence electrons. The first kappa shape index (κ1) is 15.5. The molecule has 4 nitrogen and oxygen atoms in total. The van der Waals surface area contributed by atoms with Crippen LogP contribution in [0, 0.1) is 27.7 Å². The maximum atomic E-state index is 11.4. The minimum absolute atomic E-state index is 0.0961. The van der Waals surface area contributed by atoms with Gasteiger partial charge in [0.2, 0.25) is 5.88 Å². The molecule has 0 aliphatic carbocycles. The molecule has 1 aromatic heterocycles. The van der Waals surface area contributed by atoms with Crippen LogP contribution in [0.2, 0.25) is 0 Å². The molecule has 2 rings (SSSR count). The third kappa shape index (κ3) is 3.24. The molecular weight excluding hydrogens is 334 g/mol. The van der Waals surface area contributed by atoms with Crippen LogP contribution in [0.1, 0.15) is 32.7 Å². The summed E-state index contributed by atoms with van der Waals surface area (Å²) in [6.45, 7) is 7.46. The number of halogens is 1. The van der Waals surface area contributed by atoms with E-state index in [1.807, 2.05) is 32.9 Å². The van der Waals surface area contributed by atoms with Gasteiger partial charge in [-0.2, -0.15) is 0 Å². The van der Waals surface area contributed by atoms with Gasteiger partial charge in [-0.15, -0.1) is 0 Å². The van der Waals surface area contributed by atoms with Crippen molar-refractivity contribution in [3.63, 3.8) is 0 Å². The van der Waals surface area contributed by atoms with E-state index in [9.17, 15) is 9.90 Å². The second kappa shape index (κ2) is 5.85.